The number of hydrogen-bond acceptors (Lipinski definition) is 4. The Labute approximate surface area is 165 Å². The summed E-state index contributed by atoms with van der Waals surface area (Å²) in [6.07, 6.45) is 2.90. The topological polar surface area (TPSA) is 33.7 Å². The number of ether oxygens (including phenoxy) is 2. The van der Waals surface area contributed by atoms with Gasteiger partial charge >= 0.3 is 0 Å². The van der Waals surface area contributed by atoms with Crippen molar-refractivity contribution in [2.45, 2.75) is 33.7 Å². The number of hydrogen-bond donors (Lipinski definition) is 1. The molecule has 0 heterocycles. The Morgan fingerprint density at radius 2 is 1.80 bits per heavy atom. The molecule has 4 nitrogen and oxygen atoms in total. The fourth-order valence-electron chi connectivity index (χ4n) is 2.40. The molecule has 1 aromatic carbocycles. The monoisotopic (exact) mass is 392 g/mol. The van der Waals surface area contributed by atoms with Crippen molar-refractivity contribution in [3.63, 3.8) is 0 Å². The van der Waals surface area contributed by atoms with Gasteiger partial charge in [0.05, 0.1) is 6.61 Å². The third-order valence-electron chi connectivity index (χ3n) is 3.72. The summed E-state index contributed by atoms with van der Waals surface area (Å²) in [5.41, 5.74) is 1.21. The Balaban J connectivity index is 0. The Hall–Kier alpha value is -0.940. The zero-order valence-corrected chi connectivity index (χ0v) is 17.4. The molecule has 0 saturated heterocycles. The lowest BCUT2D eigenvalue weighted by molar-refractivity contribution is 0.295. The molecule has 0 unspecified atom stereocenters. The lowest BCUT2D eigenvalue weighted by atomic mass is 10.2. The molecule has 0 amide bonds. The first kappa shape index (κ1) is 26.3. The fourth-order valence-corrected chi connectivity index (χ4v) is 2.40. The second-order valence-corrected chi connectivity index (χ2v) is 5.37. The average Bonchev–Trinajstić information content (AvgIpc) is 2.57. The summed E-state index contributed by atoms with van der Waals surface area (Å²) in [6.45, 7) is 16.5. The lowest BCUT2D eigenvalue weighted by Gasteiger charge is -2.17. The van der Waals surface area contributed by atoms with Gasteiger partial charge in [0.15, 0.2) is 11.5 Å². The summed E-state index contributed by atoms with van der Waals surface area (Å²) < 4.78 is 11.3. The van der Waals surface area contributed by atoms with E-state index in [1.165, 1.54) is 12.0 Å². The normalized spacial score (nSPS) is 9.92. The van der Waals surface area contributed by atoms with E-state index < -0.39 is 0 Å². The number of nitrogens with zero attached hydrogens (tertiary/aromatic N) is 1. The predicted octanol–water partition coefficient (Wildman–Crippen LogP) is 4.32. The van der Waals surface area contributed by atoms with E-state index in [4.69, 9.17) is 9.47 Å². The molecule has 0 radical (unpaired) electrons. The van der Waals surface area contributed by atoms with E-state index in [0.29, 0.717) is 13.2 Å². The van der Waals surface area contributed by atoms with Gasteiger partial charge in [-0.1, -0.05) is 32.6 Å². The molecule has 146 valence electrons. The molecular weight excluding hydrogens is 359 g/mol. The van der Waals surface area contributed by atoms with Crippen molar-refractivity contribution in [1.29, 1.82) is 0 Å². The quantitative estimate of drug-likeness (QED) is 0.400. The van der Waals surface area contributed by atoms with E-state index >= 15 is 0 Å². The first-order chi connectivity index (χ1) is 11.2. The number of nitrogens with one attached hydrogen (secondary N) is 1. The first-order valence-corrected chi connectivity index (χ1v) is 8.67. The maximum atomic E-state index is 5.67. The molecular formula is C19H34Cl2N2O2. The Morgan fingerprint density at radius 1 is 1.08 bits per heavy atom. The highest BCUT2D eigenvalue weighted by molar-refractivity contribution is 5.85. The van der Waals surface area contributed by atoms with Crippen LogP contribution in [0.15, 0.2) is 30.9 Å². The van der Waals surface area contributed by atoms with Crippen LogP contribution < -0.4 is 14.8 Å². The van der Waals surface area contributed by atoms with Gasteiger partial charge in [0.2, 0.25) is 0 Å². The summed E-state index contributed by atoms with van der Waals surface area (Å²) in [6, 6.07) is 6.11. The summed E-state index contributed by atoms with van der Waals surface area (Å²) in [5.74, 6) is 1.58. The van der Waals surface area contributed by atoms with Crippen molar-refractivity contribution in [1.82, 2.24) is 10.2 Å². The SMILES string of the molecule is C=CCOc1ccc(CNCCCN(CC)CC)cc1OCC.Cl.Cl. The molecule has 0 aliphatic rings. The lowest BCUT2D eigenvalue weighted by Crippen LogP contribution is -2.27. The Kier molecular flexibility index (Phi) is 17.4. The minimum atomic E-state index is 0. The van der Waals surface area contributed by atoms with Crippen molar-refractivity contribution in [2.75, 3.05) is 39.4 Å². The second kappa shape index (κ2) is 16.5. The van der Waals surface area contributed by atoms with E-state index in [1.54, 1.807) is 6.08 Å². The van der Waals surface area contributed by atoms with Crippen LogP contribution in [0.5, 0.6) is 11.5 Å². The van der Waals surface area contributed by atoms with E-state index in [9.17, 15) is 0 Å². The summed E-state index contributed by atoms with van der Waals surface area (Å²) in [7, 11) is 0. The van der Waals surface area contributed by atoms with Gasteiger partial charge in [-0.15, -0.1) is 24.8 Å². The van der Waals surface area contributed by atoms with E-state index in [2.05, 4.69) is 42.8 Å². The standard InChI is InChI=1S/C19H32N2O2.2ClH/c1-5-14-23-18-11-10-17(15-19(18)22-8-4)16-20-12-9-13-21(6-2)7-3;;/h5,10-11,15,20H,1,6-9,12-14,16H2,2-4H3;2*1H. The maximum Gasteiger partial charge on any atom is 0.161 e. The second-order valence-electron chi connectivity index (χ2n) is 5.37. The summed E-state index contributed by atoms with van der Waals surface area (Å²) in [4.78, 5) is 2.45. The largest absolute Gasteiger partial charge is 0.490 e. The van der Waals surface area contributed by atoms with Gasteiger partial charge in [-0.05, 0) is 57.2 Å². The third-order valence-corrected chi connectivity index (χ3v) is 3.72. The van der Waals surface area contributed by atoms with Crippen LogP contribution in [0.25, 0.3) is 0 Å². The number of rotatable bonds is 13. The van der Waals surface area contributed by atoms with E-state index in [0.717, 1.165) is 44.2 Å². The zero-order chi connectivity index (χ0) is 16.9. The van der Waals surface area contributed by atoms with E-state index in [-0.39, 0.29) is 24.8 Å². The maximum absolute atomic E-state index is 5.67. The van der Waals surface area contributed by atoms with E-state index in [1.807, 2.05) is 13.0 Å². The smallest absolute Gasteiger partial charge is 0.161 e. The number of halogens is 2. The Bertz CT molecular complexity index is 455. The summed E-state index contributed by atoms with van der Waals surface area (Å²) in [5, 5.41) is 3.50. The number of benzene rings is 1. The van der Waals surface area contributed by atoms with Crippen LogP contribution in [0, 0.1) is 0 Å². The highest BCUT2D eigenvalue weighted by Crippen LogP contribution is 2.28. The molecule has 0 aromatic heterocycles. The van der Waals surface area contributed by atoms with Crippen LogP contribution in [0.3, 0.4) is 0 Å². The van der Waals surface area contributed by atoms with Gasteiger partial charge in [-0.2, -0.15) is 0 Å². The van der Waals surface area contributed by atoms with Crippen molar-refractivity contribution in [3.05, 3.63) is 36.4 Å². The molecule has 0 saturated carbocycles. The highest BCUT2D eigenvalue weighted by atomic mass is 35.5. The average molecular weight is 393 g/mol. The van der Waals surface area contributed by atoms with Gasteiger partial charge in [0.25, 0.3) is 0 Å². The minimum Gasteiger partial charge on any atom is -0.490 e. The predicted molar refractivity (Wildman–Crippen MR) is 112 cm³/mol. The van der Waals surface area contributed by atoms with Crippen LogP contribution in [-0.2, 0) is 6.54 Å². The van der Waals surface area contributed by atoms with Gasteiger partial charge < -0.3 is 19.7 Å². The van der Waals surface area contributed by atoms with Crippen molar-refractivity contribution < 1.29 is 9.47 Å². The van der Waals surface area contributed by atoms with Crippen molar-refractivity contribution in [3.8, 4) is 11.5 Å². The van der Waals surface area contributed by atoms with Gasteiger partial charge in [0, 0.05) is 6.54 Å². The van der Waals surface area contributed by atoms with Crippen LogP contribution in [0.2, 0.25) is 0 Å². The van der Waals surface area contributed by atoms with Gasteiger partial charge in [-0.25, -0.2) is 0 Å². The minimum absolute atomic E-state index is 0. The van der Waals surface area contributed by atoms with Gasteiger partial charge in [-0.3, -0.25) is 0 Å². The fraction of sp³-hybridized carbons (Fsp3) is 0.579. The van der Waals surface area contributed by atoms with Crippen molar-refractivity contribution >= 4 is 24.8 Å². The summed E-state index contributed by atoms with van der Waals surface area (Å²) >= 11 is 0. The molecule has 1 rings (SSSR count). The van der Waals surface area contributed by atoms with Crippen LogP contribution in [0.1, 0.15) is 32.8 Å². The van der Waals surface area contributed by atoms with Crippen molar-refractivity contribution in [2.24, 2.45) is 0 Å². The highest BCUT2D eigenvalue weighted by Gasteiger charge is 2.06. The Morgan fingerprint density at radius 3 is 2.40 bits per heavy atom. The third kappa shape index (κ3) is 10.6. The molecule has 6 heteroatoms. The molecule has 25 heavy (non-hydrogen) atoms. The molecule has 0 aliphatic carbocycles. The molecule has 0 bridgehead atoms. The molecule has 0 spiro atoms. The molecule has 0 aliphatic heterocycles. The van der Waals surface area contributed by atoms with Crippen LogP contribution in [-0.4, -0.2) is 44.3 Å². The zero-order valence-electron chi connectivity index (χ0n) is 15.8. The van der Waals surface area contributed by atoms with Gasteiger partial charge in [0.1, 0.15) is 6.61 Å². The molecule has 1 N–H and O–H groups in total. The van der Waals surface area contributed by atoms with Crippen LogP contribution in [0.4, 0.5) is 0 Å². The molecule has 0 atom stereocenters. The molecule has 1 aromatic rings. The first-order valence-electron chi connectivity index (χ1n) is 8.67. The van der Waals surface area contributed by atoms with Crippen LogP contribution >= 0.6 is 24.8 Å². The molecule has 0 fully saturated rings.